The predicted molar refractivity (Wildman–Crippen MR) is 84.1 cm³/mol. The summed E-state index contributed by atoms with van der Waals surface area (Å²) in [7, 11) is 0. The number of aryl methyl sites for hydroxylation is 1. The number of hydrogen-bond donors (Lipinski definition) is 2. The molecule has 0 bridgehead atoms. The topological polar surface area (TPSA) is 31.6 Å². The van der Waals surface area contributed by atoms with E-state index >= 15 is 0 Å². The highest BCUT2D eigenvalue weighted by Gasteiger charge is 2.09. The fourth-order valence-corrected chi connectivity index (χ4v) is 3.07. The third-order valence-electron chi connectivity index (χ3n) is 4.05. The summed E-state index contributed by atoms with van der Waals surface area (Å²) in [4.78, 5) is 6.69. The van der Waals surface area contributed by atoms with E-state index in [-0.39, 0.29) is 0 Å². The van der Waals surface area contributed by atoms with E-state index in [4.69, 9.17) is 0 Å². The first-order chi connectivity index (χ1) is 9.83. The molecule has 98 valence electrons. The van der Waals surface area contributed by atoms with Crippen LogP contribution in [0.1, 0.15) is 16.7 Å². The second-order valence-corrected chi connectivity index (χ2v) is 5.35. The minimum Gasteiger partial charge on any atom is -0.361 e. The Labute approximate surface area is 117 Å². The van der Waals surface area contributed by atoms with Gasteiger partial charge in [0, 0.05) is 40.6 Å². The average Bonchev–Trinajstić information content (AvgIpc) is 3.05. The van der Waals surface area contributed by atoms with Crippen molar-refractivity contribution in [2.45, 2.75) is 13.3 Å². The molecule has 4 rings (SSSR count). The standard InChI is InChI=1S/C18H16N2/c1-12-10-19-17-8-4-5-13(18(12)17)9-14-11-20-16-7-3-2-6-15(14)16/h2-8,10-11,19-20H,9H2,1H3. The second kappa shape index (κ2) is 4.27. The zero-order valence-corrected chi connectivity index (χ0v) is 11.4. The molecule has 0 saturated heterocycles. The molecule has 2 heterocycles. The van der Waals surface area contributed by atoms with Crippen molar-refractivity contribution in [1.82, 2.24) is 9.97 Å². The van der Waals surface area contributed by atoms with Crippen LogP contribution in [0.4, 0.5) is 0 Å². The van der Waals surface area contributed by atoms with Crippen molar-refractivity contribution in [3.8, 4) is 0 Å². The van der Waals surface area contributed by atoms with Gasteiger partial charge in [0.1, 0.15) is 0 Å². The highest BCUT2D eigenvalue weighted by atomic mass is 14.7. The summed E-state index contributed by atoms with van der Waals surface area (Å²) in [5.74, 6) is 0. The van der Waals surface area contributed by atoms with Crippen LogP contribution in [-0.2, 0) is 6.42 Å². The van der Waals surface area contributed by atoms with Crippen molar-refractivity contribution in [2.75, 3.05) is 0 Å². The molecule has 2 heteroatoms. The Balaban J connectivity index is 1.87. The lowest BCUT2D eigenvalue weighted by Crippen LogP contribution is -1.88. The van der Waals surface area contributed by atoms with E-state index in [2.05, 4.69) is 71.7 Å². The summed E-state index contributed by atoms with van der Waals surface area (Å²) in [5.41, 5.74) is 6.48. The first-order valence-corrected chi connectivity index (χ1v) is 6.93. The van der Waals surface area contributed by atoms with E-state index in [1.54, 1.807) is 0 Å². The zero-order chi connectivity index (χ0) is 13.5. The molecule has 2 aromatic heterocycles. The van der Waals surface area contributed by atoms with Crippen molar-refractivity contribution in [3.63, 3.8) is 0 Å². The fourth-order valence-electron chi connectivity index (χ4n) is 3.07. The van der Waals surface area contributed by atoms with Gasteiger partial charge in [0.2, 0.25) is 0 Å². The minimum absolute atomic E-state index is 0.958. The number of benzene rings is 2. The van der Waals surface area contributed by atoms with Crippen molar-refractivity contribution in [2.24, 2.45) is 0 Å². The lowest BCUT2D eigenvalue weighted by atomic mass is 9.99. The van der Waals surface area contributed by atoms with Gasteiger partial charge in [-0.1, -0.05) is 30.3 Å². The highest BCUT2D eigenvalue weighted by molar-refractivity contribution is 5.88. The van der Waals surface area contributed by atoms with Crippen molar-refractivity contribution < 1.29 is 0 Å². The van der Waals surface area contributed by atoms with Gasteiger partial charge < -0.3 is 9.97 Å². The lowest BCUT2D eigenvalue weighted by molar-refractivity contribution is 1.23. The highest BCUT2D eigenvalue weighted by Crippen LogP contribution is 2.27. The number of aromatic amines is 2. The molecule has 0 aliphatic rings. The molecule has 0 fully saturated rings. The average molecular weight is 260 g/mol. The van der Waals surface area contributed by atoms with Crippen LogP contribution < -0.4 is 0 Å². The Bertz CT molecular complexity index is 896. The van der Waals surface area contributed by atoms with Gasteiger partial charge in [-0.15, -0.1) is 0 Å². The van der Waals surface area contributed by atoms with Gasteiger partial charge in [0.15, 0.2) is 0 Å². The minimum atomic E-state index is 0.958. The van der Waals surface area contributed by atoms with Crippen molar-refractivity contribution in [3.05, 3.63) is 71.5 Å². The Morgan fingerprint density at radius 3 is 2.55 bits per heavy atom. The molecule has 0 aliphatic heterocycles. The molecule has 0 radical (unpaired) electrons. The van der Waals surface area contributed by atoms with Crippen LogP contribution >= 0.6 is 0 Å². The third kappa shape index (κ3) is 1.65. The summed E-state index contributed by atoms with van der Waals surface area (Å²) in [6.45, 7) is 2.16. The summed E-state index contributed by atoms with van der Waals surface area (Å²) in [6.07, 6.45) is 5.18. The molecule has 2 N–H and O–H groups in total. The number of nitrogens with one attached hydrogen (secondary N) is 2. The van der Waals surface area contributed by atoms with E-state index in [9.17, 15) is 0 Å². The number of rotatable bonds is 2. The van der Waals surface area contributed by atoms with Crippen molar-refractivity contribution >= 4 is 21.8 Å². The number of H-pyrrole nitrogens is 2. The summed E-state index contributed by atoms with van der Waals surface area (Å²) >= 11 is 0. The molecule has 0 aliphatic carbocycles. The number of fused-ring (bicyclic) bond motifs is 2. The Kier molecular flexibility index (Phi) is 2.43. The quantitative estimate of drug-likeness (QED) is 0.530. The number of hydrogen-bond acceptors (Lipinski definition) is 0. The van der Waals surface area contributed by atoms with Crippen LogP contribution in [0.25, 0.3) is 21.8 Å². The molecule has 0 unspecified atom stereocenters. The molecule has 20 heavy (non-hydrogen) atoms. The maximum absolute atomic E-state index is 3.36. The van der Waals surface area contributed by atoms with E-state index in [0.717, 1.165) is 6.42 Å². The predicted octanol–water partition coefficient (Wildman–Crippen LogP) is 4.55. The van der Waals surface area contributed by atoms with Crippen LogP contribution in [0, 0.1) is 6.92 Å². The van der Waals surface area contributed by atoms with E-state index in [1.165, 1.54) is 38.5 Å². The summed E-state index contributed by atoms with van der Waals surface area (Å²) in [6, 6.07) is 15.0. The molecule has 0 spiro atoms. The smallest absolute Gasteiger partial charge is 0.0459 e. The Morgan fingerprint density at radius 1 is 0.800 bits per heavy atom. The van der Waals surface area contributed by atoms with Gasteiger partial charge >= 0.3 is 0 Å². The molecule has 4 aromatic rings. The third-order valence-corrected chi connectivity index (χ3v) is 4.05. The Morgan fingerprint density at radius 2 is 1.60 bits per heavy atom. The van der Waals surface area contributed by atoms with Crippen LogP contribution in [0.2, 0.25) is 0 Å². The SMILES string of the molecule is Cc1c[nH]c2cccc(Cc3c[nH]c4ccccc34)c12. The van der Waals surface area contributed by atoms with E-state index in [0.29, 0.717) is 0 Å². The molecule has 0 atom stereocenters. The largest absolute Gasteiger partial charge is 0.361 e. The Hall–Kier alpha value is -2.48. The van der Waals surface area contributed by atoms with Gasteiger partial charge in [-0.05, 0) is 35.7 Å². The maximum Gasteiger partial charge on any atom is 0.0459 e. The van der Waals surface area contributed by atoms with Gasteiger partial charge in [0.05, 0.1) is 0 Å². The van der Waals surface area contributed by atoms with Gasteiger partial charge in [-0.25, -0.2) is 0 Å². The first kappa shape index (κ1) is 11.4. The van der Waals surface area contributed by atoms with E-state index in [1.807, 2.05) is 0 Å². The lowest BCUT2D eigenvalue weighted by Gasteiger charge is -2.04. The van der Waals surface area contributed by atoms with Crippen LogP contribution in [0.3, 0.4) is 0 Å². The van der Waals surface area contributed by atoms with Gasteiger partial charge in [-0.3, -0.25) is 0 Å². The summed E-state index contributed by atoms with van der Waals surface area (Å²) < 4.78 is 0. The maximum atomic E-state index is 3.36. The van der Waals surface area contributed by atoms with Crippen LogP contribution in [-0.4, -0.2) is 9.97 Å². The number of aromatic nitrogens is 2. The molecular weight excluding hydrogens is 244 g/mol. The van der Waals surface area contributed by atoms with Gasteiger partial charge in [-0.2, -0.15) is 0 Å². The number of para-hydroxylation sites is 1. The molecule has 2 nitrogen and oxygen atoms in total. The van der Waals surface area contributed by atoms with Crippen molar-refractivity contribution in [1.29, 1.82) is 0 Å². The monoisotopic (exact) mass is 260 g/mol. The second-order valence-electron chi connectivity index (χ2n) is 5.35. The normalized spacial score (nSPS) is 11.4. The van der Waals surface area contributed by atoms with E-state index < -0.39 is 0 Å². The van der Waals surface area contributed by atoms with Crippen LogP contribution in [0.15, 0.2) is 54.9 Å². The zero-order valence-electron chi connectivity index (χ0n) is 11.4. The summed E-state index contributed by atoms with van der Waals surface area (Å²) in [5, 5.41) is 2.68. The van der Waals surface area contributed by atoms with Gasteiger partial charge in [0.25, 0.3) is 0 Å². The molecular formula is C18H16N2. The molecule has 2 aromatic carbocycles. The molecule has 0 saturated carbocycles. The fraction of sp³-hybridized carbons (Fsp3) is 0.111. The molecule has 0 amide bonds. The van der Waals surface area contributed by atoms with Crippen LogP contribution in [0.5, 0.6) is 0 Å². The first-order valence-electron chi connectivity index (χ1n) is 6.93.